The minimum Gasteiger partial charge on any atom is -0.495 e. The van der Waals surface area contributed by atoms with Crippen molar-refractivity contribution in [2.45, 2.75) is 10.6 Å². The average molecular weight is 304 g/mol. The van der Waals surface area contributed by atoms with Gasteiger partial charge in [0.25, 0.3) is 0 Å². The summed E-state index contributed by atoms with van der Waals surface area (Å²) in [5.74, 6) is 0.271. The highest BCUT2D eigenvalue weighted by molar-refractivity contribution is 7.84. The fraction of sp³-hybridized carbons (Fsp3) is 0.133. The SMILES string of the molecule is COc1ccccc1S(=O)Cc1ccc(C(N)=O)cc1N. The molecule has 110 valence electrons. The van der Waals surface area contributed by atoms with E-state index < -0.39 is 16.7 Å². The van der Waals surface area contributed by atoms with Gasteiger partial charge >= 0.3 is 0 Å². The van der Waals surface area contributed by atoms with Crippen LogP contribution >= 0.6 is 0 Å². The van der Waals surface area contributed by atoms with Crippen molar-refractivity contribution in [1.82, 2.24) is 0 Å². The first kappa shape index (κ1) is 15.1. The van der Waals surface area contributed by atoms with Crippen molar-refractivity contribution in [3.8, 4) is 5.75 Å². The fourth-order valence-electron chi connectivity index (χ4n) is 1.91. The van der Waals surface area contributed by atoms with Crippen molar-refractivity contribution in [3.63, 3.8) is 0 Å². The van der Waals surface area contributed by atoms with Gasteiger partial charge in [-0.05, 0) is 29.8 Å². The molecule has 0 saturated carbocycles. The summed E-state index contributed by atoms with van der Waals surface area (Å²) >= 11 is 0. The summed E-state index contributed by atoms with van der Waals surface area (Å²) in [5, 5.41) is 0. The summed E-state index contributed by atoms with van der Waals surface area (Å²) < 4.78 is 17.6. The van der Waals surface area contributed by atoms with E-state index in [1.165, 1.54) is 13.2 Å². The van der Waals surface area contributed by atoms with E-state index in [1.54, 1.807) is 30.3 Å². The standard InChI is InChI=1S/C15H16N2O3S/c1-20-13-4-2-3-5-14(13)21(19)9-11-7-6-10(15(17)18)8-12(11)16/h2-8H,9,16H2,1H3,(H2,17,18). The van der Waals surface area contributed by atoms with E-state index in [0.717, 1.165) is 0 Å². The highest BCUT2D eigenvalue weighted by Gasteiger charge is 2.13. The molecule has 1 unspecified atom stereocenters. The van der Waals surface area contributed by atoms with Crippen LogP contribution in [0.15, 0.2) is 47.4 Å². The number of ether oxygens (including phenoxy) is 1. The van der Waals surface area contributed by atoms with Gasteiger partial charge < -0.3 is 16.2 Å². The van der Waals surface area contributed by atoms with Crippen LogP contribution in [0.25, 0.3) is 0 Å². The maximum atomic E-state index is 12.4. The number of carbonyl (C=O) groups is 1. The molecule has 0 aliphatic carbocycles. The van der Waals surface area contributed by atoms with E-state index >= 15 is 0 Å². The Hall–Kier alpha value is -2.34. The molecule has 0 spiro atoms. The minimum absolute atomic E-state index is 0.241. The Morgan fingerprint density at radius 2 is 1.95 bits per heavy atom. The summed E-state index contributed by atoms with van der Waals surface area (Å²) in [7, 11) is 0.239. The van der Waals surface area contributed by atoms with Gasteiger partial charge in [-0.15, -0.1) is 0 Å². The number of rotatable bonds is 5. The first-order chi connectivity index (χ1) is 10.0. The van der Waals surface area contributed by atoms with Gasteiger partial charge in [0.15, 0.2) is 0 Å². The number of hydrogen-bond donors (Lipinski definition) is 2. The molecule has 2 aromatic rings. The number of amides is 1. The predicted octanol–water partition coefficient (Wildman–Crippen LogP) is 1.68. The average Bonchev–Trinajstić information content (AvgIpc) is 2.48. The van der Waals surface area contributed by atoms with Crippen LogP contribution in [0.3, 0.4) is 0 Å². The smallest absolute Gasteiger partial charge is 0.248 e. The normalized spacial score (nSPS) is 11.9. The van der Waals surface area contributed by atoms with Gasteiger partial charge in [0.2, 0.25) is 5.91 Å². The van der Waals surface area contributed by atoms with Gasteiger partial charge in [0.05, 0.1) is 28.6 Å². The minimum atomic E-state index is -1.29. The molecule has 0 aliphatic heterocycles. The summed E-state index contributed by atoms with van der Waals surface area (Å²) in [6, 6.07) is 11.9. The molecule has 0 saturated heterocycles. The van der Waals surface area contributed by atoms with Crippen LogP contribution in [0.5, 0.6) is 5.75 Å². The van der Waals surface area contributed by atoms with Crippen molar-refractivity contribution < 1.29 is 13.7 Å². The van der Waals surface area contributed by atoms with Crippen molar-refractivity contribution in [2.75, 3.05) is 12.8 Å². The van der Waals surface area contributed by atoms with E-state index in [-0.39, 0.29) is 5.75 Å². The highest BCUT2D eigenvalue weighted by atomic mass is 32.2. The van der Waals surface area contributed by atoms with Crippen molar-refractivity contribution in [2.24, 2.45) is 5.73 Å². The first-order valence-corrected chi connectivity index (χ1v) is 7.54. The Morgan fingerprint density at radius 3 is 2.57 bits per heavy atom. The zero-order chi connectivity index (χ0) is 15.4. The zero-order valence-electron chi connectivity index (χ0n) is 11.5. The molecule has 2 aromatic carbocycles. The number of primary amides is 1. The van der Waals surface area contributed by atoms with Gasteiger partial charge in [-0.25, -0.2) is 0 Å². The number of nitrogen functional groups attached to an aromatic ring is 1. The topological polar surface area (TPSA) is 95.4 Å². The second-order valence-corrected chi connectivity index (χ2v) is 5.84. The molecule has 0 aliphatic rings. The summed E-state index contributed by atoms with van der Waals surface area (Å²) in [4.78, 5) is 11.7. The van der Waals surface area contributed by atoms with Gasteiger partial charge in [0.1, 0.15) is 5.75 Å². The molecular weight excluding hydrogens is 288 g/mol. The summed E-state index contributed by atoms with van der Waals surface area (Å²) in [6.07, 6.45) is 0. The molecule has 0 heterocycles. The monoisotopic (exact) mass is 304 g/mol. The molecular formula is C15H16N2O3S. The molecule has 21 heavy (non-hydrogen) atoms. The largest absolute Gasteiger partial charge is 0.495 e. The van der Waals surface area contributed by atoms with E-state index in [1.807, 2.05) is 6.07 Å². The molecule has 5 nitrogen and oxygen atoms in total. The van der Waals surface area contributed by atoms with Crippen LogP contribution in [0.4, 0.5) is 5.69 Å². The van der Waals surface area contributed by atoms with Gasteiger partial charge in [-0.3, -0.25) is 9.00 Å². The quantitative estimate of drug-likeness (QED) is 0.822. The Labute approximate surface area is 125 Å². The third-order valence-corrected chi connectivity index (χ3v) is 4.43. The van der Waals surface area contributed by atoms with Crippen LogP contribution < -0.4 is 16.2 Å². The Morgan fingerprint density at radius 1 is 1.24 bits per heavy atom. The molecule has 0 fully saturated rings. The van der Waals surface area contributed by atoms with E-state index in [0.29, 0.717) is 27.5 Å². The Balaban J connectivity index is 2.26. The molecule has 1 amide bonds. The van der Waals surface area contributed by atoms with Crippen molar-refractivity contribution in [3.05, 3.63) is 53.6 Å². The highest BCUT2D eigenvalue weighted by Crippen LogP contribution is 2.25. The molecule has 0 radical (unpaired) electrons. The van der Waals surface area contributed by atoms with Crippen LogP contribution in [0, 0.1) is 0 Å². The zero-order valence-corrected chi connectivity index (χ0v) is 12.4. The van der Waals surface area contributed by atoms with Crippen LogP contribution in [0.1, 0.15) is 15.9 Å². The Kier molecular flexibility index (Phi) is 4.59. The molecule has 1 atom stereocenters. The number of carbonyl (C=O) groups excluding carboxylic acids is 1. The number of hydrogen-bond acceptors (Lipinski definition) is 4. The van der Waals surface area contributed by atoms with E-state index in [9.17, 15) is 9.00 Å². The number of benzene rings is 2. The maximum absolute atomic E-state index is 12.4. The lowest BCUT2D eigenvalue weighted by Crippen LogP contribution is -2.12. The Bertz CT molecular complexity index is 701. The number of methoxy groups -OCH3 is 1. The molecule has 0 bridgehead atoms. The van der Waals surface area contributed by atoms with Crippen molar-refractivity contribution in [1.29, 1.82) is 0 Å². The van der Waals surface area contributed by atoms with Gasteiger partial charge in [-0.1, -0.05) is 18.2 Å². The second-order valence-electron chi connectivity index (χ2n) is 4.42. The predicted molar refractivity (Wildman–Crippen MR) is 82.5 cm³/mol. The first-order valence-electron chi connectivity index (χ1n) is 6.22. The lowest BCUT2D eigenvalue weighted by atomic mass is 10.1. The maximum Gasteiger partial charge on any atom is 0.248 e. The summed E-state index contributed by atoms with van der Waals surface area (Å²) in [5.41, 5.74) is 12.5. The lowest BCUT2D eigenvalue weighted by Gasteiger charge is -2.10. The van der Waals surface area contributed by atoms with Crippen LogP contribution in [0.2, 0.25) is 0 Å². The molecule has 2 rings (SSSR count). The molecule has 4 N–H and O–H groups in total. The second kappa shape index (κ2) is 6.41. The fourth-order valence-corrected chi connectivity index (χ4v) is 3.21. The molecule has 6 heteroatoms. The van der Waals surface area contributed by atoms with Gasteiger partial charge in [0, 0.05) is 11.3 Å². The third kappa shape index (κ3) is 3.41. The number of nitrogens with two attached hydrogens (primary N) is 2. The van der Waals surface area contributed by atoms with E-state index in [2.05, 4.69) is 0 Å². The van der Waals surface area contributed by atoms with Gasteiger partial charge in [-0.2, -0.15) is 0 Å². The van der Waals surface area contributed by atoms with E-state index in [4.69, 9.17) is 16.2 Å². The third-order valence-electron chi connectivity index (χ3n) is 3.03. The lowest BCUT2D eigenvalue weighted by molar-refractivity contribution is 0.100. The molecule has 0 aromatic heterocycles. The number of anilines is 1. The van der Waals surface area contributed by atoms with Crippen molar-refractivity contribution >= 4 is 22.4 Å². The van der Waals surface area contributed by atoms with Crippen LogP contribution in [-0.4, -0.2) is 17.2 Å². The van der Waals surface area contributed by atoms with Crippen LogP contribution in [-0.2, 0) is 16.6 Å². The summed E-state index contributed by atoms with van der Waals surface area (Å²) in [6.45, 7) is 0. The number of para-hydroxylation sites is 1.